The molecule has 0 atom stereocenters. The van der Waals surface area contributed by atoms with Crippen molar-refractivity contribution in [3.05, 3.63) is 29.8 Å². The molecule has 0 aromatic heterocycles. The van der Waals surface area contributed by atoms with Gasteiger partial charge in [0.1, 0.15) is 5.75 Å². The highest BCUT2D eigenvalue weighted by Gasteiger charge is 1.95. The Morgan fingerprint density at radius 2 is 1.68 bits per heavy atom. The van der Waals surface area contributed by atoms with E-state index in [1.807, 2.05) is 0 Å². The number of benzene rings is 1. The highest BCUT2D eigenvalue weighted by molar-refractivity contribution is 5.27. The number of aryl methyl sites for hydroxylation is 1. The van der Waals surface area contributed by atoms with Crippen molar-refractivity contribution in [1.82, 2.24) is 5.32 Å². The molecule has 1 rings (SSSR count). The first kappa shape index (κ1) is 16.0. The van der Waals surface area contributed by atoms with Gasteiger partial charge in [0.2, 0.25) is 0 Å². The van der Waals surface area contributed by atoms with Gasteiger partial charge in [-0.2, -0.15) is 0 Å². The summed E-state index contributed by atoms with van der Waals surface area (Å²) >= 11 is 0. The molecule has 0 bridgehead atoms. The monoisotopic (exact) mass is 263 g/mol. The number of nitrogens with one attached hydrogen (secondary N) is 1. The molecule has 0 amide bonds. The largest absolute Gasteiger partial charge is 0.494 e. The number of rotatable bonds is 11. The molecule has 0 saturated carbocycles. The third kappa shape index (κ3) is 7.89. The van der Waals surface area contributed by atoms with Gasteiger partial charge in [0.15, 0.2) is 0 Å². The molecule has 108 valence electrons. The summed E-state index contributed by atoms with van der Waals surface area (Å²) in [7, 11) is 0. The average molecular weight is 263 g/mol. The normalized spacial score (nSPS) is 10.6. The van der Waals surface area contributed by atoms with Crippen LogP contribution in [0.1, 0.15) is 51.5 Å². The Kier molecular flexibility index (Phi) is 9.17. The summed E-state index contributed by atoms with van der Waals surface area (Å²) in [5, 5.41) is 3.42. The average Bonchev–Trinajstić information content (AvgIpc) is 2.44. The molecule has 1 aromatic rings. The van der Waals surface area contributed by atoms with E-state index < -0.39 is 0 Å². The Bertz CT molecular complexity index is 308. The molecule has 0 radical (unpaired) electrons. The fraction of sp³-hybridized carbons (Fsp3) is 0.647. The summed E-state index contributed by atoms with van der Waals surface area (Å²) in [6.07, 6.45) is 7.21. The summed E-state index contributed by atoms with van der Waals surface area (Å²) in [5.41, 5.74) is 1.40. The first-order valence-corrected chi connectivity index (χ1v) is 7.79. The van der Waals surface area contributed by atoms with E-state index in [1.165, 1.54) is 31.2 Å². The van der Waals surface area contributed by atoms with E-state index in [9.17, 15) is 0 Å². The Hall–Kier alpha value is -1.02. The molecule has 19 heavy (non-hydrogen) atoms. The number of hydrogen-bond acceptors (Lipinski definition) is 2. The summed E-state index contributed by atoms with van der Waals surface area (Å²) < 4.78 is 5.75. The van der Waals surface area contributed by atoms with Crippen molar-refractivity contribution in [2.75, 3.05) is 19.7 Å². The van der Waals surface area contributed by atoms with Gasteiger partial charge < -0.3 is 10.1 Å². The third-order valence-corrected chi connectivity index (χ3v) is 3.16. The maximum atomic E-state index is 5.75. The molecule has 0 saturated heterocycles. The van der Waals surface area contributed by atoms with Gasteiger partial charge in [0.05, 0.1) is 6.61 Å². The molecule has 0 aliphatic carbocycles. The van der Waals surface area contributed by atoms with E-state index >= 15 is 0 Å². The molecule has 0 fully saturated rings. The zero-order valence-corrected chi connectivity index (χ0v) is 12.6. The lowest BCUT2D eigenvalue weighted by molar-refractivity contribution is 0.305. The van der Waals surface area contributed by atoms with Crippen LogP contribution in [-0.4, -0.2) is 19.7 Å². The van der Waals surface area contributed by atoms with Crippen LogP contribution in [0.25, 0.3) is 0 Å². The zero-order chi connectivity index (χ0) is 13.8. The molecule has 1 N–H and O–H groups in total. The molecule has 0 heterocycles. The molecule has 2 heteroatoms. The lowest BCUT2D eigenvalue weighted by Crippen LogP contribution is -2.15. The molecule has 0 spiro atoms. The minimum atomic E-state index is 0.834. The van der Waals surface area contributed by atoms with Gasteiger partial charge in [-0.25, -0.2) is 0 Å². The second kappa shape index (κ2) is 10.9. The van der Waals surface area contributed by atoms with Crippen molar-refractivity contribution < 1.29 is 4.74 Å². The van der Waals surface area contributed by atoms with Crippen molar-refractivity contribution in [3.63, 3.8) is 0 Å². The topological polar surface area (TPSA) is 21.3 Å². The summed E-state index contributed by atoms with van der Waals surface area (Å²) in [5.74, 6) is 1.00. The Morgan fingerprint density at radius 1 is 0.895 bits per heavy atom. The van der Waals surface area contributed by atoms with Gasteiger partial charge in [-0.05, 0) is 62.9 Å². The minimum Gasteiger partial charge on any atom is -0.494 e. The maximum Gasteiger partial charge on any atom is 0.119 e. The van der Waals surface area contributed by atoms with Crippen LogP contribution in [0.4, 0.5) is 0 Å². The first-order chi connectivity index (χ1) is 9.36. The standard InChI is InChI=1S/C17H29NO/c1-3-8-16-9-11-17(12-10-16)19-15-7-5-6-14-18-13-4-2/h9-12,18H,3-8,13-15H2,1-2H3. The molecule has 0 unspecified atom stereocenters. The quantitative estimate of drug-likeness (QED) is 0.604. The van der Waals surface area contributed by atoms with Crippen molar-refractivity contribution >= 4 is 0 Å². The van der Waals surface area contributed by atoms with E-state index in [4.69, 9.17) is 4.74 Å². The van der Waals surface area contributed by atoms with Crippen LogP contribution in [-0.2, 0) is 6.42 Å². The second-order valence-electron chi connectivity index (χ2n) is 5.05. The SMILES string of the molecule is CCCNCCCCCOc1ccc(CCC)cc1. The Morgan fingerprint density at radius 3 is 2.37 bits per heavy atom. The molecule has 2 nitrogen and oxygen atoms in total. The van der Waals surface area contributed by atoms with Crippen molar-refractivity contribution in [2.45, 2.75) is 52.4 Å². The molecule has 1 aromatic carbocycles. The van der Waals surface area contributed by atoms with Crippen LogP contribution in [0, 0.1) is 0 Å². The Labute approximate surface area is 118 Å². The zero-order valence-electron chi connectivity index (χ0n) is 12.6. The lowest BCUT2D eigenvalue weighted by atomic mass is 10.1. The number of unbranched alkanes of at least 4 members (excludes halogenated alkanes) is 2. The fourth-order valence-corrected chi connectivity index (χ4v) is 2.06. The summed E-state index contributed by atoms with van der Waals surface area (Å²) in [6, 6.07) is 8.53. The van der Waals surface area contributed by atoms with Gasteiger partial charge in [0, 0.05) is 0 Å². The van der Waals surface area contributed by atoms with Crippen molar-refractivity contribution in [3.8, 4) is 5.75 Å². The van der Waals surface area contributed by atoms with Crippen molar-refractivity contribution in [1.29, 1.82) is 0 Å². The lowest BCUT2D eigenvalue weighted by Gasteiger charge is -2.07. The van der Waals surface area contributed by atoms with E-state index in [-0.39, 0.29) is 0 Å². The van der Waals surface area contributed by atoms with Gasteiger partial charge >= 0.3 is 0 Å². The van der Waals surface area contributed by atoms with Gasteiger partial charge in [-0.15, -0.1) is 0 Å². The highest BCUT2D eigenvalue weighted by Crippen LogP contribution is 2.13. The molecule has 0 aliphatic heterocycles. The van der Waals surface area contributed by atoms with Crippen LogP contribution in [0.3, 0.4) is 0 Å². The van der Waals surface area contributed by atoms with E-state index in [2.05, 4.69) is 43.4 Å². The molecule has 0 aliphatic rings. The van der Waals surface area contributed by atoms with Crippen molar-refractivity contribution in [2.24, 2.45) is 0 Å². The van der Waals surface area contributed by atoms with Crippen LogP contribution < -0.4 is 10.1 Å². The van der Waals surface area contributed by atoms with E-state index in [1.54, 1.807) is 0 Å². The number of hydrogen-bond donors (Lipinski definition) is 1. The van der Waals surface area contributed by atoms with Crippen LogP contribution in [0.2, 0.25) is 0 Å². The highest BCUT2D eigenvalue weighted by atomic mass is 16.5. The predicted molar refractivity (Wildman–Crippen MR) is 82.9 cm³/mol. The third-order valence-electron chi connectivity index (χ3n) is 3.16. The fourth-order valence-electron chi connectivity index (χ4n) is 2.06. The van der Waals surface area contributed by atoms with Crippen LogP contribution in [0.5, 0.6) is 5.75 Å². The van der Waals surface area contributed by atoms with E-state index in [0.29, 0.717) is 0 Å². The number of ether oxygens (including phenoxy) is 1. The molecular formula is C17H29NO. The molecular weight excluding hydrogens is 234 g/mol. The van der Waals surface area contributed by atoms with Crippen LogP contribution in [0.15, 0.2) is 24.3 Å². The van der Waals surface area contributed by atoms with Crippen LogP contribution >= 0.6 is 0 Å². The van der Waals surface area contributed by atoms with Gasteiger partial charge in [-0.1, -0.05) is 32.4 Å². The van der Waals surface area contributed by atoms with E-state index in [0.717, 1.165) is 38.3 Å². The minimum absolute atomic E-state index is 0.834. The van der Waals surface area contributed by atoms with Gasteiger partial charge in [-0.3, -0.25) is 0 Å². The second-order valence-corrected chi connectivity index (χ2v) is 5.05. The maximum absolute atomic E-state index is 5.75. The van der Waals surface area contributed by atoms with Gasteiger partial charge in [0.25, 0.3) is 0 Å². The predicted octanol–water partition coefficient (Wildman–Crippen LogP) is 4.19. The smallest absolute Gasteiger partial charge is 0.119 e. The first-order valence-electron chi connectivity index (χ1n) is 7.79. The summed E-state index contributed by atoms with van der Waals surface area (Å²) in [6.45, 7) is 7.52. The summed E-state index contributed by atoms with van der Waals surface area (Å²) in [4.78, 5) is 0. The Balaban J connectivity index is 2.02.